The van der Waals surface area contributed by atoms with E-state index in [4.69, 9.17) is 5.73 Å². The molecule has 3 N–H and O–H groups in total. The van der Waals surface area contributed by atoms with Crippen molar-refractivity contribution in [3.8, 4) is 0 Å². The Bertz CT molecular complexity index is 499. The maximum absolute atomic E-state index is 10.3. The fourth-order valence-corrected chi connectivity index (χ4v) is 1.90. The van der Waals surface area contributed by atoms with Gasteiger partial charge in [-0.05, 0) is 29.7 Å². The third-order valence-corrected chi connectivity index (χ3v) is 3.15. The van der Waals surface area contributed by atoms with Crippen LogP contribution in [-0.2, 0) is 0 Å². The van der Waals surface area contributed by atoms with Crippen LogP contribution >= 0.6 is 0 Å². The third-order valence-electron chi connectivity index (χ3n) is 3.15. The molecule has 0 radical (unpaired) electrons. The number of hydrogen-bond donors (Lipinski definition) is 2. The first-order chi connectivity index (χ1) is 8.72. The van der Waals surface area contributed by atoms with Crippen LogP contribution in [0, 0.1) is 0 Å². The average molecular weight is 242 g/mol. The molecule has 2 aromatic rings. The second-order valence-electron chi connectivity index (χ2n) is 4.50. The van der Waals surface area contributed by atoms with E-state index in [0.717, 1.165) is 16.7 Å². The summed E-state index contributed by atoms with van der Waals surface area (Å²) in [6, 6.07) is 11.6. The summed E-state index contributed by atoms with van der Waals surface area (Å²) >= 11 is 0. The van der Waals surface area contributed by atoms with Gasteiger partial charge in [-0.3, -0.25) is 4.98 Å². The summed E-state index contributed by atoms with van der Waals surface area (Å²) in [4.78, 5) is 4.02. The van der Waals surface area contributed by atoms with Crippen LogP contribution in [0.5, 0.6) is 0 Å². The van der Waals surface area contributed by atoms with Gasteiger partial charge in [0.1, 0.15) is 6.10 Å². The number of hydrogen-bond acceptors (Lipinski definition) is 3. The van der Waals surface area contributed by atoms with Crippen LogP contribution in [-0.4, -0.2) is 16.6 Å². The molecule has 0 saturated heterocycles. The quantitative estimate of drug-likeness (QED) is 0.864. The van der Waals surface area contributed by atoms with Crippen molar-refractivity contribution in [2.75, 3.05) is 6.54 Å². The van der Waals surface area contributed by atoms with Gasteiger partial charge in [-0.25, -0.2) is 0 Å². The molecule has 0 amide bonds. The van der Waals surface area contributed by atoms with Crippen molar-refractivity contribution in [1.29, 1.82) is 0 Å². The van der Waals surface area contributed by atoms with E-state index in [2.05, 4.69) is 11.9 Å². The largest absolute Gasteiger partial charge is 0.384 e. The van der Waals surface area contributed by atoms with Gasteiger partial charge in [0, 0.05) is 18.0 Å². The Morgan fingerprint density at radius 2 is 1.89 bits per heavy atom. The van der Waals surface area contributed by atoms with E-state index in [1.54, 1.807) is 12.4 Å². The van der Waals surface area contributed by atoms with E-state index in [0.29, 0.717) is 12.5 Å². The van der Waals surface area contributed by atoms with E-state index in [-0.39, 0.29) is 0 Å². The topological polar surface area (TPSA) is 59.1 Å². The lowest BCUT2D eigenvalue weighted by Crippen LogP contribution is -2.09. The fourth-order valence-electron chi connectivity index (χ4n) is 1.90. The molecule has 94 valence electrons. The third kappa shape index (κ3) is 2.75. The molecule has 1 heterocycles. The summed E-state index contributed by atoms with van der Waals surface area (Å²) in [6.45, 7) is 2.68. The predicted molar refractivity (Wildman–Crippen MR) is 72.2 cm³/mol. The van der Waals surface area contributed by atoms with Crippen molar-refractivity contribution in [1.82, 2.24) is 4.98 Å². The minimum Gasteiger partial charge on any atom is -0.384 e. The molecule has 2 atom stereocenters. The van der Waals surface area contributed by atoms with Crippen molar-refractivity contribution in [2.45, 2.75) is 18.9 Å². The normalized spacial score (nSPS) is 14.2. The molecular weight excluding hydrogens is 224 g/mol. The highest BCUT2D eigenvalue weighted by atomic mass is 16.3. The van der Waals surface area contributed by atoms with Crippen molar-refractivity contribution >= 4 is 0 Å². The molecule has 2 unspecified atom stereocenters. The molecule has 2 rings (SSSR count). The first-order valence-corrected chi connectivity index (χ1v) is 6.10. The average Bonchev–Trinajstić information content (AvgIpc) is 2.46. The molecule has 0 bridgehead atoms. The zero-order valence-corrected chi connectivity index (χ0v) is 10.5. The molecule has 0 aliphatic rings. The van der Waals surface area contributed by atoms with E-state index in [9.17, 15) is 5.11 Å². The lowest BCUT2D eigenvalue weighted by molar-refractivity contribution is 0.219. The van der Waals surface area contributed by atoms with E-state index < -0.39 is 6.10 Å². The molecule has 18 heavy (non-hydrogen) atoms. The Kier molecular flexibility index (Phi) is 4.07. The number of benzene rings is 1. The second kappa shape index (κ2) is 5.76. The number of nitrogens with two attached hydrogens (primary N) is 1. The van der Waals surface area contributed by atoms with Crippen LogP contribution < -0.4 is 5.73 Å². The number of rotatable bonds is 4. The standard InChI is InChI=1S/C15H18N2O/c1-11(9-16)12-4-2-5-13(8-12)15(18)14-6-3-7-17-10-14/h2-8,10-11,15,18H,9,16H2,1H3. The molecule has 0 aliphatic carbocycles. The summed E-state index contributed by atoms with van der Waals surface area (Å²) in [7, 11) is 0. The smallest absolute Gasteiger partial charge is 0.106 e. The Balaban J connectivity index is 2.28. The zero-order valence-electron chi connectivity index (χ0n) is 10.5. The zero-order chi connectivity index (χ0) is 13.0. The van der Waals surface area contributed by atoms with Crippen LogP contribution in [0.3, 0.4) is 0 Å². The number of aliphatic hydroxyl groups is 1. The summed E-state index contributed by atoms with van der Waals surface area (Å²) in [5.74, 6) is 0.297. The lowest BCUT2D eigenvalue weighted by Gasteiger charge is -2.14. The monoisotopic (exact) mass is 242 g/mol. The van der Waals surface area contributed by atoms with Crippen LogP contribution in [0.4, 0.5) is 0 Å². The second-order valence-corrected chi connectivity index (χ2v) is 4.50. The molecule has 0 spiro atoms. The number of aliphatic hydroxyl groups excluding tert-OH is 1. The SMILES string of the molecule is CC(CN)c1cccc(C(O)c2cccnc2)c1. The molecule has 1 aromatic heterocycles. The Hall–Kier alpha value is -1.71. The van der Waals surface area contributed by atoms with Crippen molar-refractivity contribution < 1.29 is 5.11 Å². The highest BCUT2D eigenvalue weighted by Gasteiger charge is 2.12. The Morgan fingerprint density at radius 3 is 2.56 bits per heavy atom. The Labute approximate surface area is 107 Å². The van der Waals surface area contributed by atoms with Crippen LogP contribution in [0.15, 0.2) is 48.8 Å². The van der Waals surface area contributed by atoms with Gasteiger partial charge in [0.2, 0.25) is 0 Å². The highest BCUT2D eigenvalue weighted by molar-refractivity contribution is 5.32. The van der Waals surface area contributed by atoms with Gasteiger partial charge in [0.25, 0.3) is 0 Å². The Morgan fingerprint density at radius 1 is 1.17 bits per heavy atom. The first-order valence-electron chi connectivity index (χ1n) is 6.10. The van der Waals surface area contributed by atoms with Crippen LogP contribution in [0.25, 0.3) is 0 Å². The number of aromatic nitrogens is 1. The van der Waals surface area contributed by atoms with E-state index >= 15 is 0 Å². The molecule has 3 heteroatoms. The maximum Gasteiger partial charge on any atom is 0.106 e. The summed E-state index contributed by atoms with van der Waals surface area (Å²) < 4.78 is 0. The number of pyridine rings is 1. The summed E-state index contributed by atoms with van der Waals surface area (Å²) in [5, 5.41) is 10.3. The summed E-state index contributed by atoms with van der Waals surface area (Å²) in [5.41, 5.74) is 8.50. The van der Waals surface area contributed by atoms with Gasteiger partial charge < -0.3 is 10.8 Å². The molecule has 0 saturated carbocycles. The maximum atomic E-state index is 10.3. The van der Waals surface area contributed by atoms with Crippen molar-refractivity contribution in [3.05, 3.63) is 65.5 Å². The lowest BCUT2D eigenvalue weighted by atomic mass is 9.95. The molecule has 3 nitrogen and oxygen atoms in total. The van der Waals surface area contributed by atoms with E-state index in [1.165, 1.54) is 0 Å². The van der Waals surface area contributed by atoms with Crippen molar-refractivity contribution in [3.63, 3.8) is 0 Å². The van der Waals surface area contributed by atoms with Gasteiger partial charge in [-0.1, -0.05) is 37.3 Å². The van der Waals surface area contributed by atoms with Gasteiger partial charge in [-0.2, -0.15) is 0 Å². The fraction of sp³-hybridized carbons (Fsp3) is 0.267. The molecular formula is C15H18N2O. The van der Waals surface area contributed by atoms with Gasteiger partial charge >= 0.3 is 0 Å². The van der Waals surface area contributed by atoms with Crippen LogP contribution in [0.2, 0.25) is 0 Å². The van der Waals surface area contributed by atoms with E-state index in [1.807, 2.05) is 36.4 Å². The number of nitrogens with zero attached hydrogens (tertiary/aromatic N) is 1. The van der Waals surface area contributed by atoms with Gasteiger partial charge in [-0.15, -0.1) is 0 Å². The minimum atomic E-state index is -0.636. The molecule has 1 aromatic carbocycles. The van der Waals surface area contributed by atoms with Gasteiger partial charge in [0.15, 0.2) is 0 Å². The van der Waals surface area contributed by atoms with Crippen LogP contribution in [0.1, 0.15) is 35.6 Å². The molecule has 0 aliphatic heterocycles. The first kappa shape index (κ1) is 12.7. The minimum absolute atomic E-state index is 0.297. The highest BCUT2D eigenvalue weighted by Crippen LogP contribution is 2.24. The summed E-state index contributed by atoms with van der Waals surface area (Å²) in [6.07, 6.45) is 2.75. The van der Waals surface area contributed by atoms with Gasteiger partial charge in [0.05, 0.1) is 0 Å². The van der Waals surface area contributed by atoms with Crippen molar-refractivity contribution in [2.24, 2.45) is 5.73 Å². The predicted octanol–water partition coefficient (Wildman–Crippen LogP) is 2.23. The molecule has 0 fully saturated rings.